The van der Waals surface area contributed by atoms with Gasteiger partial charge in [0.15, 0.2) is 0 Å². The van der Waals surface area contributed by atoms with Crippen LogP contribution in [0.2, 0.25) is 0 Å². The second-order valence-electron chi connectivity index (χ2n) is 3.69. The van der Waals surface area contributed by atoms with Gasteiger partial charge in [0.1, 0.15) is 5.82 Å². The molecule has 1 amide bonds. The fraction of sp³-hybridized carbons (Fsp3) is 0. The third-order valence-corrected chi connectivity index (χ3v) is 3.17. The summed E-state index contributed by atoms with van der Waals surface area (Å²) in [7, 11) is 0. The molecule has 2 aromatic carbocycles. The van der Waals surface area contributed by atoms with Crippen LogP contribution in [0.3, 0.4) is 0 Å². The zero-order valence-corrected chi connectivity index (χ0v) is 11.9. The summed E-state index contributed by atoms with van der Waals surface area (Å²) >= 11 is 1.96. The fourth-order valence-corrected chi connectivity index (χ4v) is 2.01. The molecule has 0 bridgehead atoms. The maximum absolute atomic E-state index is 12.9. The van der Waals surface area contributed by atoms with Gasteiger partial charge in [-0.15, -0.1) is 0 Å². The van der Waals surface area contributed by atoms with Crippen LogP contribution in [-0.4, -0.2) is 5.91 Å². The lowest BCUT2D eigenvalue weighted by molar-refractivity contribution is -0.111. The molecule has 0 aromatic heterocycles. The van der Waals surface area contributed by atoms with Gasteiger partial charge in [0.25, 0.3) is 0 Å². The first-order chi connectivity index (χ1) is 9.15. The Bertz CT molecular complexity index is 659. The first-order valence-corrected chi connectivity index (χ1v) is 6.56. The molecule has 2 rings (SSSR count). The Kier molecular flexibility index (Phi) is 4.53. The lowest BCUT2D eigenvalue weighted by atomic mass is 10.2. The zero-order valence-electron chi connectivity index (χ0n) is 9.78. The fourth-order valence-electron chi connectivity index (χ4n) is 1.39. The van der Waals surface area contributed by atoms with Crippen molar-refractivity contribution in [2.75, 3.05) is 5.32 Å². The van der Waals surface area contributed by atoms with Crippen molar-refractivity contribution in [3.8, 4) is 11.8 Å². The molecule has 0 saturated carbocycles. The summed E-state index contributed by atoms with van der Waals surface area (Å²) in [5.74, 6) is 4.49. The highest BCUT2D eigenvalue weighted by Crippen LogP contribution is 2.18. The predicted molar refractivity (Wildman–Crippen MR) is 81.1 cm³/mol. The van der Waals surface area contributed by atoms with Crippen LogP contribution in [0.5, 0.6) is 0 Å². The van der Waals surface area contributed by atoms with Crippen LogP contribution in [0.1, 0.15) is 5.56 Å². The SMILES string of the molecule is O=C(C#Cc1ccccc1)Nc1ccc(F)cc1I. The summed E-state index contributed by atoms with van der Waals surface area (Å²) < 4.78 is 13.5. The topological polar surface area (TPSA) is 29.1 Å². The van der Waals surface area contributed by atoms with E-state index in [2.05, 4.69) is 17.2 Å². The summed E-state index contributed by atoms with van der Waals surface area (Å²) in [6, 6.07) is 13.4. The van der Waals surface area contributed by atoms with Gasteiger partial charge in [-0.05, 0) is 52.9 Å². The van der Waals surface area contributed by atoms with Crippen molar-refractivity contribution in [2.24, 2.45) is 0 Å². The monoisotopic (exact) mass is 365 g/mol. The molecule has 0 radical (unpaired) electrons. The number of benzene rings is 2. The molecule has 0 spiro atoms. The minimum atomic E-state index is -0.423. The van der Waals surface area contributed by atoms with Crippen molar-refractivity contribution in [3.05, 3.63) is 63.5 Å². The normalized spacial score (nSPS) is 9.37. The highest BCUT2D eigenvalue weighted by Gasteiger charge is 2.03. The molecule has 4 heteroatoms. The molecule has 0 aliphatic heterocycles. The Morgan fingerprint density at radius 3 is 2.58 bits per heavy atom. The molecular weight excluding hydrogens is 356 g/mol. The van der Waals surface area contributed by atoms with E-state index in [9.17, 15) is 9.18 Å². The molecule has 19 heavy (non-hydrogen) atoms. The van der Waals surface area contributed by atoms with E-state index in [0.717, 1.165) is 5.56 Å². The van der Waals surface area contributed by atoms with Gasteiger partial charge in [0.2, 0.25) is 0 Å². The van der Waals surface area contributed by atoms with Crippen molar-refractivity contribution in [2.45, 2.75) is 0 Å². The lowest BCUT2D eigenvalue weighted by Crippen LogP contribution is -2.09. The first kappa shape index (κ1) is 13.6. The van der Waals surface area contributed by atoms with Crippen LogP contribution >= 0.6 is 22.6 Å². The zero-order chi connectivity index (χ0) is 13.7. The summed E-state index contributed by atoms with van der Waals surface area (Å²) in [6.07, 6.45) is 0. The maximum Gasteiger partial charge on any atom is 0.300 e. The van der Waals surface area contributed by atoms with Crippen molar-refractivity contribution in [3.63, 3.8) is 0 Å². The Labute approximate surface area is 124 Å². The summed E-state index contributed by atoms with van der Waals surface area (Å²) in [5.41, 5.74) is 1.32. The second kappa shape index (κ2) is 6.34. The summed E-state index contributed by atoms with van der Waals surface area (Å²) in [4.78, 5) is 11.6. The molecule has 0 saturated heterocycles. The second-order valence-corrected chi connectivity index (χ2v) is 4.86. The average Bonchev–Trinajstić information content (AvgIpc) is 2.41. The first-order valence-electron chi connectivity index (χ1n) is 5.48. The van der Waals surface area contributed by atoms with E-state index in [4.69, 9.17) is 0 Å². The molecule has 94 valence electrons. The summed E-state index contributed by atoms with van der Waals surface area (Å²) in [6.45, 7) is 0. The van der Waals surface area contributed by atoms with Crippen molar-refractivity contribution in [1.29, 1.82) is 0 Å². The smallest absolute Gasteiger partial charge is 0.300 e. The number of amides is 1. The van der Waals surface area contributed by atoms with Gasteiger partial charge in [-0.25, -0.2) is 4.39 Å². The minimum absolute atomic E-state index is 0.335. The molecule has 0 aliphatic rings. The standard InChI is InChI=1S/C15H9FINO/c16-12-7-8-14(13(17)10-12)18-15(19)9-6-11-4-2-1-3-5-11/h1-5,7-8,10H,(H,18,19). The van der Waals surface area contributed by atoms with Crippen molar-refractivity contribution >= 4 is 34.2 Å². The van der Waals surface area contributed by atoms with Crippen LogP contribution in [0.4, 0.5) is 10.1 Å². The number of anilines is 1. The highest BCUT2D eigenvalue weighted by atomic mass is 127. The van der Waals surface area contributed by atoms with E-state index in [1.54, 1.807) is 0 Å². The quantitative estimate of drug-likeness (QED) is 0.609. The Balaban J connectivity index is 2.08. The largest absolute Gasteiger partial charge is 0.314 e. The van der Waals surface area contributed by atoms with E-state index in [-0.39, 0.29) is 5.82 Å². The summed E-state index contributed by atoms with van der Waals surface area (Å²) in [5, 5.41) is 2.62. The molecule has 0 fully saturated rings. The van der Waals surface area contributed by atoms with Crippen LogP contribution in [-0.2, 0) is 4.79 Å². The number of hydrogen-bond donors (Lipinski definition) is 1. The van der Waals surface area contributed by atoms with Crippen molar-refractivity contribution in [1.82, 2.24) is 0 Å². The van der Waals surface area contributed by atoms with Gasteiger partial charge in [-0.1, -0.05) is 24.1 Å². The third kappa shape index (κ3) is 4.07. The van der Waals surface area contributed by atoms with Gasteiger partial charge in [-0.3, -0.25) is 4.79 Å². The van der Waals surface area contributed by atoms with Gasteiger partial charge >= 0.3 is 5.91 Å². The number of hydrogen-bond acceptors (Lipinski definition) is 1. The van der Waals surface area contributed by atoms with Crippen LogP contribution < -0.4 is 5.32 Å². The van der Waals surface area contributed by atoms with Crippen molar-refractivity contribution < 1.29 is 9.18 Å². The Morgan fingerprint density at radius 2 is 1.89 bits per heavy atom. The van der Waals surface area contributed by atoms with Crippen LogP contribution in [0, 0.1) is 21.2 Å². The van der Waals surface area contributed by atoms with Crippen LogP contribution in [0.15, 0.2) is 48.5 Å². The average molecular weight is 365 g/mol. The predicted octanol–water partition coefficient (Wildman–Crippen LogP) is 3.42. The lowest BCUT2D eigenvalue weighted by Gasteiger charge is -2.03. The number of carbonyl (C=O) groups is 1. The molecule has 2 aromatic rings. The van der Waals surface area contributed by atoms with Crippen LogP contribution in [0.25, 0.3) is 0 Å². The molecule has 0 heterocycles. The van der Waals surface area contributed by atoms with Gasteiger partial charge in [0, 0.05) is 15.1 Å². The van der Waals surface area contributed by atoms with Gasteiger partial charge < -0.3 is 5.32 Å². The number of carbonyl (C=O) groups excluding carboxylic acids is 1. The van der Waals surface area contributed by atoms with E-state index < -0.39 is 5.91 Å². The third-order valence-electron chi connectivity index (χ3n) is 2.27. The number of rotatable bonds is 1. The minimum Gasteiger partial charge on any atom is -0.314 e. The maximum atomic E-state index is 12.9. The number of nitrogens with one attached hydrogen (secondary N) is 1. The van der Waals surface area contributed by atoms with Gasteiger partial charge in [-0.2, -0.15) is 0 Å². The molecule has 1 N–H and O–H groups in total. The van der Waals surface area contributed by atoms with E-state index in [1.165, 1.54) is 18.2 Å². The number of halogens is 2. The van der Waals surface area contributed by atoms with E-state index >= 15 is 0 Å². The Morgan fingerprint density at radius 1 is 1.16 bits per heavy atom. The van der Waals surface area contributed by atoms with E-state index in [1.807, 2.05) is 52.9 Å². The molecule has 0 unspecified atom stereocenters. The molecule has 0 atom stereocenters. The van der Waals surface area contributed by atoms with Gasteiger partial charge in [0.05, 0.1) is 5.69 Å². The molecule has 0 aliphatic carbocycles. The molecule has 2 nitrogen and oxygen atoms in total. The molecular formula is C15H9FINO. The Hall–Kier alpha value is -1.87. The van der Waals surface area contributed by atoms with E-state index in [0.29, 0.717) is 9.26 Å². The highest BCUT2D eigenvalue weighted by molar-refractivity contribution is 14.1.